The molecular weight excluding hydrogens is 463 g/mol. The molecule has 0 radical (unpaired) electrons. The molecule has 4 rings (SSSR count). The number of guanidine groups is 1. The van der Waals surface area contributed by atoms with Crippen molar-refractivity contribution in [2.75, 3.05) is 18.1 Å². The zero-order valence-electron chi connectivity index (χ0n) is 16.5. The van der Waals surface area contributed by atoms with Crippen LogP contribution in [0.3, 0.4) is 0 Å². The Morgan fingerprint density at radius 3 is 2.77 bits per heavy atom. The van der Waals surface area contributed by atoms with Gasteiger partial charge in [-0.2, -0.15) is 0 Å². The third-order valence-electron chi connectivity index (χ3n) is 4.90. The molecule has 3 heterocycles. The van der Waals surface area contributed by atoms with Gasteiger partial charge in [-0.15, -0.1) is 11.3 Å². The molecule has 0 spiro atoms. The zero-order chi connectivity index (χ0) is 22.4. The number of sulfonamides is 1. The summed E-state index contributed by atoms with van der Waals surface area (Å²) in [5.41, 5.74) is 0.698. The van der Waals surface area contributed by atoms with Crippen molar-refractivity contribution in [2.45, 2.75) is 12.5 Å². The lowest BCUT2D eigenvalue weighted by Crippen LogP contribution is -2.61. The molecule has 1 fully saturated rings. The fourth-order valence-corrected chi connectivity index (χ4v) is 5.56. The summed E-state index contributed by atoms with van der Waals surface area (Å²) >= 11 is 7.21. The highest BCUT2D eigenvalue weighted by atomic mass is 35.5. The summed E-state index contributed by atoms with van der Waals surface area (Å²) in [5, 5.41) is 16.8. The zero-order valence-corrected chi connectivity index (χ0v) is 18.9. The second-order valence-electron chi connectivity index (χ2n) is 7.25. The van der Waals surface area contributed by atoms with E-state index in [0.29, 0.717) is 27.2 Å². The Bertz CT molecular complexity index is 1260. The molecule has 1 aromatic carbocycles. The lowest BCUT2D eigenvalue weighted by molar-refractivity contribution is 0.403. The highest BCUT2D eigenvalue weighted by Gasteiger charge is 2.43. The van der Waals surface area contributed by atoms with E-state index in [9.17, 15) is 12.8 Å². The van der Waals surface area contributed by atoms with Gasteiger partial charge in [0.25, 0.3) is 0 Å². The number of aromatic nitrogens is 2. The molecule has 3 aromatic rings. The largest absolute Gasteiger partial charge is 0.345 e. The molecule has 1 atom stereocenters. The predicted octanol–water partition coefficient (Wildman–Crippen LogP) is 3.76. The summed E-state index contributed by atoms with van der Waals surface area (Å²) in [5.74, 6) is -1.27. The Balaban J connectivity index is 1.62. The van der Waals surface area contributed by atoms with Crippen molar-refractivity contribution in [3.8, 4) is 11.4 Å². The van der Waals surface area contributed by atoms with Crippen LogP contribution < -0.4 is 10.6 Å². The topological polar surface area (TPSA) is 111 Å². The molecule has 1 saturated heterocycles. The van der Waals surface area contributed by atoms with Crippen molar-refractivity contribution in [3.63, 3.8) is 0 Å². The highest BCUT2D eigenvalue weighted by Crippen LogP contribution is 2.33. The van der Waals surface area contributed by atoms with Gasteiger partial charge in [-0.25, -0.2) is 22.1 Å². The first kappa shape index (κ1) is 21.5. The normalized spacial score (nSPS) is 20.4. The molecule has 0 bridgehead atoms. The Morgan fingerprint density at radius 1 is 1.32 bits per heavy atom. The number of nitrogens with one attached hydrogen (secondary N) is 3. The number of halogens is 2. The van der Waals surface area contributed by atoms with Crippen molar-refractivity contribution in [3.05, 3.63) is 58.3 Å². The maximum absolute atomic E-state index is 14.7. The molecule has 8 nitrogen and oxygen atoms in total. The highest BCUT2D eigenvalue weighted by molar-refractivity contribution is 7.89. The van der Waals surface area contributed by atoms with Crippen molar-refractivity contribution >= 4 is 49.7 Å². The van der Waals surface area contributed by atoms with Crippen LogP contribution in [0.25, 0.3) is 11.4 Å². The quantitative estimate of drug-likeness (QED) is 0.524. The van der Waals surface area contributed by atoms with Gasteiger partial charge in [0, 0.05) is 29.9 Å². The van der Waals surface area contributed by atoms with Crippen molar-refractivity contribution in [2.24, 2.45) is 0 Å². The van der Waals surface area contributed by atoms with Crippen molar-refractivity contribution in [1.82, 2.24) is 19.6 Å². The van der Waals surface area contributed by atoms with Crippen LogP contribution in [-0.4, -0.2) is 41.5 Å². The summed E-state index contributed by atoms with van der Waals surface area (Å²) in [6.45, 7) is 1.56. The number of nitrogens with zero attached hydrogens (tertiary/aromatic N) is 3. The van der Waals surface area contributed by atoms with Gasteiger partial charge in [-0.05, 0) is 37.3 Å². The first-order valence-corrected chi connectivity index (χ1v) is 11.9. The molecule has 2 aromatic heterocycles. The van der Waals surface area contributed by atoms with Gasteiger partial charge in [0.1, 0.15) is 11.5 Å². The van der Waals surface area contributed by atoms with E-state index in [1.807, 2.05) is 5.38 Å². The molecule has 0 aliphatic carbocycles. The summed E-state index contributed by atoms with van der Waals surface area (Å²) in [6, 6.07) is 7.81. The predicted molar refractivity (Wildman–Crippen MR) is 120 cm³/mol. The minimum absolute atomic E-state index is 0.134. The molecule has 162 valence electrons. The number of pyridine rings is 1. The summed E-state index contributed by atoms with van der Waals surface area (Å²) in [6.07, 6.45) is 1.54. The summed E-state index contributed by atoms with van der Waals surface area (Å²) < 4.78 is 40.4. The first-order valence-electron chi connectivity index (χ1n) is 9.05. The Labute approximate surface area is 187 Å². The van der Waals surface area contributed by atoms with Gasteiger partial charge in [0.15, 0.2) is 5.13 Å². The van der Waals surface area contributed by atoms with Crippen LogP contribution in [-0.2, 0) is 15.6 Å². The van der Waals surface area contributed by atoms with Gasteiger partial charge < -0.3 is 10.6 Å². The minimum Gasteiger partial charge on any atom is -0.345 e. The molecule has 31 heavy (non-hydrogen) atoms. The number of benzene rings is 1. The van der Waals surface area contributed by atoms with Crippen LogP contribution in [0.1, 0.15) is 12.5 Å². The van der Waals surface area contributed by atoms with Crippen LogP contribution in [0.2, 0.25) is 5.02 Å². The van der Waals surface area contributed by atoms with Crippen molar-refractivity contribution in [1.29, 1.82) is 5.41 Å². The van der Waals surface area contributed by atoms with Crippen LogP contribution in [0.5, 0.6) is 0 Å². The van der Waals surface area contributed by atoms with Gasteiger partial charge in [0.2, 0.25) is 16.0 Å². The second-order valence-corrected chi connectivity index (χ2v) is 10.5. The number of hydrogen-bond donors (Lipinski definition) is 3. The molecule has 1 aliphatic rings. The maximum Gasteiger partial charge on any atom is 0.239 e. The lowest BCUT2D eigenvalue weighted by atomic mass is 9.93. The monoisotopic (exact) mass is 480 g/mol. The van der Waals surface area contributed by atoms with E-state index in [2.05, 4.69) is 20.6 Å². The minimum atomic E-state index is -3.75. The molecule has 1 aliphatic heterocycles. The van der Waals surface area contributed by atoms with Crippen LogP contribution in [0.15, 0.2) is 41.9 Å². The van der Waals surface area contributed by atoms with E-state index < -0.39 is 21.4 Å². The summed E-state index contributed by atoms with van der Waals surface area (Å²) in [7, 11) is -2.47. The van der Waals surface area contributed by atoms with E-state index in [-0.39, 0.29) is 17.3 Å². The van der Waals surface area contributed by atoms with E-state index in [0.717, 1.165) is 4.31 Å². The Hall–Kier alpha value is -2.76. The Morgan fingerprint density at radius 2 is 2.10 bits per heavy atom. The van der Waals surface area contributed by atoms with Gasteiger partial charge in [0.05, 0.1) is 22.0 Å². The third kappa shape index (κ3) is 4.21. The van der Waals surface area contributed by atoms with Gasteiger partial charge >= 0.3 is 0 Å². The van der Waals surface area contributed by atoms with Crippen molar-refractivity contribution < 1.29 is 12.8 Å². The molecule has 0 amide bonds. The Kier molecular flexibility index (Phi) is 5.36. The number of anilines is 2. The second kappa shape index (κ2) is 7.74. The third-order valence-corrected chi connectivity index (χ3v) is 7.84. The van der Waals surface area contributed by atoms with Gasteiger partial charge in [-0.3, -0.25) is 10.4 Å². The number of rotatable bonds is 4. The smallest absolute Gasteiger partial charge is 0.239 e. The SMILES string of the molecule is CN1C(=N)NC(C)(c2cc(Nc3nc(-c4ccc(Cl)cn4)cs3)ccc2F)CS1(=O)=O. The van der Waals surface area contributed by atoms with Crippen LogP contribution >= 0.6 is 22.9 Å². The van der Waals surface area contributed by atoms with Gasteiger partial charge in [-0.1, -0.05) is 11.6 Å². The number of hydrogen-bond acceptors (Lipinski definition) is 7. The van der Waals surface area contributed by atoms with E-state index >= 15 is 0 Å². The first-order chi connectivity index (χ1) is 14.6. The summed E-state index contributed by atoms with van der Waals surface area (Å²) in [4.78, 5) is 8.73. The average molecular weight is 481 g/mol. The number of thiazole rings is 1. The molecular formula is C19H18ClFN6O2S2. The molecule has 0 saturated carbocycles. The van der Waals surface area contributed by atoms with Crippen LogP contribution in [0, 0.1) is 11.2 Å². The molecule has 12 heteroatoms. The standard InChI is InChI=1S/C19H18ClFN6O2S2/c1-19(10-31(28,29)27(2)17(22)26-19)13-7-12(4-5-14(13)21)24-18-25-16(9-30-18)15-6-3-11(20)8-23-15/h3-9H,10H2,1-2H3,(H2,22,26)(H,24,25). The average Bonchev–Trinajstić information content (AvgIpc) is 3.16. The lowest BCUT2D eigenvalue weighted by Gasteiger charge is -2.40. The van der Waals surface area contributed by atoms with E-state index in [4.69, 9.17) is 17.0 Å². The van der Waals surface area contributed by atoms with Crippen LogP contribution in [0.4, 0.5) is 15.2 Å². The molecule has 1 unspecified atom stereocenters. The van der Waals surface area contributed by atoms with E-state index in [1.54, 1.807) is 25.1 Å². The fraction of sp³-hybridized carbons (Fsp3) is 0.211. The maximum atomic E-state index is 14.7. The van der Waals surface area contributed by atoms with E-state index in [1.165, 1.54) is 36.7 Å². The fourth-order valence-electron chi connectivity index (χ4n) is 3.25. The molecule has 3 N–H and O–H groups in total.